The summed E-state index contributed by atoms with van der Waals surface area (Å²) in [5.74, 6) is 1.56. The van der Waals surface area contributed by atoms with Crippen molar-refractivity contribution in [2.75, 3.05) is 44.2 Å². The van der Waals surface area contributed by atoms with Gasteiger partial charge in [0.15, 0.2) is 0 Å². The van der Waals surface area contributed by atoms with Crippen LogP contribution >= 0.6 is 12.4 Å². The number of ether oxygens (including phenoxy) is 1. The van der Waals surface area contributed by atoms with Gasteiger partial charge < -0.3 is 19.2 Å². The molecule has 172 valence electrons. The van der Waals surface area contributed by atoms with E-state index in [0.29, 0.717) is 34.2 Å². The summed E-state index contributed by atoms with van der Waals surface area (Å²) in [7, 11) is 0. The first-order valence-corrected chi connectivity index (χ1v) is 10.8. The van der Waals surface area contributed by atoms with Crippen LogP contribution in [0.15, 0.2) is 76.1 Å². The highest BCUT2D eigenvalue weighted by molar-refractivity contribution is 5.90. The minimum Gasteiger partial charge on any atom is -0.491 e. The Kier molecular flexibility index (Phi) is 7.13. The lowest BCUT2D eigenvalue weighted by atomic mass is 10.1. The molecule has 4 aromatic rings. The highest BCUT2D eigenvalue weighted by atomic mass is 35.5. The molecule has 33 heavy (non-hydrogen) atoms. The molecule has 1 aliphatic heterocycles. The molecule has 0 amide bonds. The number of para-hydroxylation sites is 1. The first kappa shape index (κ1) is 23.0. The summed E-state index contributed by atoms with van der Waals surface area (Å²) in [5, 5.41) is 11.6. The second kappa shape index (κ2) is 10.2. The van der Waals surface area contributed by atoms with Crippen LogP contribution in [0.3, 0.4) is 0 Å². The van der Waals surface area contributed by atoms with Crippen LogP contribution in [0.25, 0.3) is 21.9 Å². The third-order valence-electron chi connectivity index (χ3n) is 5.81. The van der Waals surface area contributed by atoms with Crippen LogP contribution in [-0.2, 0) is 0 Å². The molecule has 0 bridgehead atoms. The number of anilines is 1. The Morgan fingerprint density at radius 2 is 1.73 bits per heavy atom. The highest BCUT2D eigenvalue weighted by Gasteiger charge is 2.20. The zero-order valence-electron chi connectivity index (χ0n) is 18.1. The summed E-state index contributed by atoms with van der Waals surface area (Å²) in [6, 6.07) is 18.3. The average molecular weight is 468 g/mol. The molecule has 1 atom stereocenters. The topological polar surface area (TPSA) is 79.0 Å². The molecular weight excluding hydrogens is 442 g/mol. The summed E-state index contributed by atoms with van der Waals surface area (Å²) >= 11 is 0. The molecule has 2 aromatic heterocycles. The molecule has 2 aromatic carbocycles. The monoisotopic (exact) mass is 467 g/mol. The van der Waals surface area contributed by atoms with Crippen molar-refractivity contribution in [3.8, 4) is 5.75 Å². The predicted molar refractivity (Wildman–Crippen MR) is 132 cm³/mol. The molecule has 0 spiro atoms. The first-order valence-electron chi connectivity index (χ1n) is 10.8. The number of rotatable bonds is 6. The van der Waals surface area contributed by atoms with Crippen molar-refractivity contribution in [3.05, 3.63) is 77.1 Å². The molecule has 1 unspecified atom stereocenters. The van der Waals surface area contributed by atoms with Gasteiger partial charge in [0.1, 0.15) is 35.4 Å². The van der Waals surface area contributed by atoms with E-state index >= 15 is 0 Å². The second-order valence-electron chi connectivity index (χ2n) is 8.03. The van der Waals surface area contributed by atoms with Gasteiger partial charge in [0.05, 0.1) is 10.8 Å². The van der Waals surface area contributed by atoms with Gasteiger partial charge in [-0.2, -0.15) is 0 Å². The normalized spacial score (nSPS) is 15.4. The van der Waals surface area contributed by atoms with Crippen molar-refractivity contribution in [3.63, 3.8) is 0 Å². The maximum absolute atomic E-state index is 12.6. The van der Waals surface area contributed by atoms with E-state index in [1.54, 1.807) is 30.3 Å². The number of fused-ring (bicyclic) bond motifs is 2. The summed E-state index contributed by atoms with van der Waals surface area (Å²) in [6.07, 6.45) is 1.19. The van der Waals surface area contributed by atoms with E-state index in [0.717, 1.165) is 32.0 Å². The molecular formula is C25H26ClN3O4. The van der Waals surface area contributed by atoms with Gasteiger partial charge in [0.2, 0.25) is 5.43 Å². The van der Waals surface area contributed by atoms with Crippen molar-refractivity contribution in [2.24, 2.45) is 0 Å². The number of nitrogens with zero attached hydrogens (tertiary/aromatic N) is 3. The van der Waals surface area contributed by atoms with Crippen LogP contribution < -0.4 is 15.1 Å². The Morgan fingerprint density at radius 3 is 2.52 bits per heavy atom. The molecule has 3 heterocycles. The van der Waals surface area contributed by atoms with Gasteiger partial charge in [-0.1, -0.05) is 18.2 Å². The van der Waals surface area contributed by atoms with Gasteiger partial charge in [-0.3, -0.25) is 9.69 Å². The number of benzene rings is 2. The Labute approximate surface area is 197 Å². The number of hydrogen-bond acceptors (Lipinski definition) is 7. The van der Waals surface area contributed by atoms with Gasteiger partial charge in [-0.05, 0) is 36.4 Å². The van der Waals surface area contributed by atoms with Crippen LogP contribution in [0, 0.1) is 0 Å². The van der Waals surface area contributed by atoms with Gasteiger partial charge >= 0.3 is 0 Å². The van der Waals surface area contributed by atoms with E-state index in [4.69, 9.17) is 9.15 Å². The maximum Gasteiger partial charge on any atom is 0.200 e. The maximum atomic E-state index is 12.6. The number of hydrogen-bond donors (Lipinski definition) is 1. The molecule has 1 fully saturated rings. The smallest absolute Gasteiger partial charge is 0.200 e. The van der Waals surface area contributed by atoms with E-state index in [2.05, 4.69) is 14.8 Å². The van der Waals surface area contributed by atoms with Crippen molar-refractivity contribution in [1.82, 2.24) is 9.88 Å². The quantitative estimate of drug-likeness (QED) is 0.436. The zero-order chi connectivity index (χ0) is 21.9. The highest BCUT2D eigenvalue weighted by Crippen LogP contribution is 2.23. The molecule has 1 saturated heterocycles. The van der Waals surface area contributed by atoms with Crippen LogP contribution in [0.4, 0.5) is 5.82 Å². The number of aromatic nitrogens is 1. The fraction of sp³-hybridized carbons (Fsp3) is 0.280. The van der Waals surface area contributed by atoms with E-state index < -0.39 is 6.10 Å². The number of halogens is 1. The molecule has 7 nitrogen and oxygen atoms in total. The third-order valence-corrected chi connectivity index (χ3v) is 5.81. The minimum atomic E-state index is -0.615. The fourth-order valence-corrected chi connectivity index (χ4v) is 4.11. The summed E-state index contributed by atoms with van der Waals surface area (Å²) < 4.78 is 11.7. The average Bonchev–Trinajstić information content (AvgIpc) is 2.84. The van der Waals surface area contributed by atoms with Crippen molar-refractivity contribution in [1.29, 1.82) is 0 Å². The van der Waals surface area contributed by atoms with Crippen LogP contribution in [0.5, 0.6) is 5.75 Å². The van der Waals surface area contributed by atoms with Crippen LogP contribution in [0.2, 0.25) is 0 Å². The van der Waals surface area contributed by atoms with E-state index in [1.807, 2.05) is 36.5 Å². The number of piperazine rings is 1. The number of aliphatic hydroxyl groups is 1. The predicted octanol–water partition coefficient (Wildman–Crippen LogP) is 3.32. The first-order chi connectivity index (χ1) is 15.7. The van der Waals surface area contributed by atoms with E-state index in [1.165, 1.54) is 0 Å². The largest absolute Gasteiger partial charge is 0.491 e. The Bertz CT molecular complexity index is 1270. The second-order valence-corrected chi connectivity index (χ2v) is 8.03. The van der Waals surface area contributed by atoms with Gasteiger partial charge in [-0.25, -0.2) is 4.98 Å². The molecule has 1 aliphatic rings. The Hall–Kier alpha value is -3.13. The van der Waals surface area contributed by atoms with E-state index in [9.17, 15) is 9.90 Å². The number of β-amino-alcohol motifs (C(OH)–C–C–N with tert-alkyl or cyclic N) is 1. The van der Waals surface area contributed by atoms with Crippen molar-refractivity contribution in [2.45, 2.75) is 6.10 Å². The summed E-state index contributed by atoms with van der Waals surface area (Å²) in [6.45, 7) is 4.20. The molecule has 0 saturated carbocycles. The van der Waals surface area contributed by atoms with Crippen LogP contribution in [0.1, 0.15) is 0 Å². The third kappa shape index (κ3) is 5.11. The fourth-order valence-electron chi connectivity index (χ4n) is 4.11. The van der Waals surface area contributed by atoms with Gasteiger partial charge in [-0.15, -0.1) is 12.4 Å². The van der Waals surface area contributed by atoms with Crippen molar-refractivity contribution >= 4 is 40.2 Å². The molecule has 5 rings (SSSR count). The molecule has 8 heteroatoms. The number of aliphatic hydroxyl groups excluding tert-OH is 1. The Morgan fingerprint density at radius 1 is 0.970 bits per heavy atom. The SMILES string of the molecule is Cl.O=c1c2ccccc2oc2cc(OCC(O)CN3CCN(c4ccccn4)CC3)ccc12. The molecule has 0 radical (unpaired) electrons. The van der Waals surface area contributed by atoms with Crippen molar-refractivity contribution < 1.29 is 14.3 Å². The van der Waals surface area contributed by atoms with Crippen LogP contribution in [-0.4, -0.2) is 60.4 Å². The Balaban J connectivity index is 0.00000259. The molecule has 1 N–H and O–H groups in total. The van der Waals surface area contributed by atoms with Gasteiger partial charge in [0.25, 0.3) is 0 Å². The minimum absolute atomic E-state index is 0. The standard InChI is InChI=1S/C25H25N3O4.ClH/c29-18(16-27-11-13-28(14-12-27)24-7-3-4-10-26-24)17-31-19-8-9-21-23(15-19)32-22-6-2-1-5-20(22)25(21)30;/h1-10,15,18,29H,11-14,16-17H2;1H. The lowest BCUT2D eigenvalue weighted by Gasteiger charge is -2.36. The summed E-state index contributed by atoms with van der Waals surface area (Å²) in [5.41, 5.74) is 0.969. The summed E-state index contributed by atoms with van der Waals surface area (Å²) in [4.78, 5) is 21.5. The lowest BCUT2D eigenvalue weighted by Crippen LogP contribution is -2.49. The zero-order valence-corrected chi connectivity index (χ0v) is 18.9. The molecule has 0 aliphatic carbocycles. The van der Waals surface area contributed by atoms with Gasteiger partial charge in [0, 0.05) is 45.0 Å². The lowest BCUT2D eigenvalue weighted by molar-refractivity contribution is 0.0663. The van der Waals surface area contributed by atoms with E-state index in [-0.39, 0.29) is 24.4 Å². The number of pyridine rings is 1.